The molecule has 0 saturated heterocycles. The van der Waals surface area contributed by atoms with Crippen LogP contribution in [-0.4, -0.2) is 36.2 Å². The zero-order valence-electron chi connectivity index (χ0n) is 12.6. The first-order valence-corrected chi connectivity index (χ1v) is 7.51. The van der Waals surface area contributed by atoms with Crippen LogP contribution in [0.5, 0.6) is 5.75 Å². The van der Waals surface area contributed by atoms with E-state index in [2.05, 4.69) is 5.32 Å². The second-order valence-electron chi connectivity index (χ2n) is 4.94. The molecule has 1 atom stereocenters. The Morgan fingerprint density at radius 3 is 2.42 bits per heavy atom. The number of benzene rings is 2. The van der Waals surface area contributed by atoms with Gasteiger partial charge in [-0.2, -0.15) is 0 Å². The summed E-state index contributed by atoms with van der Waals surface area (Å²) in [6.45, 7) is -0.184. The summed E-state index contributed by atoms with van der Waals surface area (Å²) in [6.07, 6.45) is -0.986. The maximum atomic E-state index is 12.0. The quantitative estimate of drug-likeness (QED) is 0.773. The number of carboxylic acid groups (broad SMARTS) is 1. The largest absolute Gasteiger partial charge is 0.545 e. The number of amides is 1. The van der Waals surface area contributed by atoms with E-state index in [4.69, 9.17) is 16.3 Å². The van der Waals surface area contributed by atoms with Crippen LogP contribution in [0.4, 0.5) is 0 Å². The van der Waals surface area contributed by atoms with Gasteiger partial charge in [-0.1, -0.05) is 41.9 Å². The van der Waals surface area contributed by atoms with E-state index in [-0.39, 0.29) is 24.3 Å². The molecular formula is C17H15ClNO5-. The number of ether oxygens (including phenoxy) is 1. The molecule has 0 spiro atoms. The summed E-state index contributed by atoms with van der Waals surface area (Å²) in [6, 6.07) is 12.5. The number of carbonyl (C=O) groups excluding carboxylic acids is 2. The Morgan fingerprint density at radius 1 is 1.12 bits per heavy atom. The van der Waals surface area contributed by atoms with Crippen LogP contribution in [0, 0.1) is 0 Å². The number of para-hydroxylation sites is 1. The molecule has 126 valence electrons. The number of nitrogens with one attached hydrogen (secondary N) is 1. The normalized spacial score (nSPS) is 11.6. The lowest BCUT2D eigenvalue weighted by Gasteiger charge is -2.15. The fourth-order valence-electron chi connectivity index (χ4n) is 1.97. The third-order valence-electron chi connectivity index (χ3n) is 3.16. The number of rotatable bonds is 7. The fourth-order valence-corrected chi connectivity index (χ4v) is 2.16. The van der Waals surface area contributed by atoms with Gasteiger partial charge in [-0.3, -0.25) is 4.79 Å². The van der Waals surface area contributed by atoms with Gasteiger partial charge in [0.15, 0.2) is 0 Å². The number of aliphatic hydroxyl groups is 1. The van der Waals surface area contributed by atoms with Crippen molar-refractivity contribution in [3.05, 3.63) is 64.7 Å². The lowest BCUT2D eigenvalue weighted by Crippen LogP contribution is -2.36. The number of carboxylic acids is 1. The minimum Gasteiger partial charge on any atom is -0.545 e. The van der Waals surface area contributed by atoms with Gasteiger partial charge in [-0.15, -0.1) is 0 Å². The zero-order chi connectivity index (χ0) is 17.5. The third-order valence-corrected chi connectivity index (χ3v) is 3.47. The van der Waals surface area contributed by atoms with Crippen molar-refractivity contribution in [2.24, 2.45) is 0 Å². The van der Waals surface area contributed by atoms with E-state index in [1.54, 1.807) is 24.3 Å². The molecule has 0 radical (unpaired) electrons. The van der Waals surface area contributed by atoms with Gasteiger partial charge in [-0.05, 0) is 18.2 Å². The summed E-state index contributed by atoms with van der Waals surface area (Å²) in [5.74, 6) is -1.64. The Labute approximate surface area is 143 Å². The molecule has 1 unspecified atom stereocenters. The number of halogens is 1. The first-order chi connectivity index (χ1) is 11.5. The minimum atomic E-state index is -1.44. The van der Waals surface area contributed by atoms with Crippen LogP contribution in [0.2, 0.25) is 5.02 Å². The van der Waals surface area contributed by atoms with Crippen molar-refractivity contribution >= 4 is 23.5 Å². The van der Waals surface area contributed by atoms with Crippen molar-refractivity contribution < 1.29 is 24.5 Å². The summed E-state index contributed by atoms with van der Waals surface area (Å²) in [7, 11) is 0. The topological polar surface area (TPSA) is 98.7 Å². The van der Waals surface area contributed by atoms with Crippen LogP contribution in [0.25, 0.3) is 0 Å². The van der Waals surface area contributed by atoms with E-state index < -0.39 is 18.0 Å². The third kappa shape index (κ3) is 4.71. The number of aromatic carboxylic acids is 1. The molecule has 0 aliphatic rings. The predicted octanol–water partition coefficient (Wildman–Crippen LogP) is 0.873. The molecule has 0 bridgehead atoms. The molecule has 2 rings (SSSR count). The molecule has 2 aromatic carbocycles. The Morgan fingerprint density at radius 2 is 1.75 bits per heavy atom. The van der Waals surface area contributed by atoms with Crippen LogP contribution < -0.4 is 15.2 Å². The van der Waals surface area contributed by atoms with Crippen LogP contribution in [0.1, 0.15) is 20.7 Å². The minimum absolute atomic E-state index is 0.0308. The van der Waals surface area contributed by atoms with Gasteiger partial charge >= 0.3 is 0 Å². The highest BCUT2D eigenvalue weighted by atomic mass is 35.5. The average molecular weight is 349 g/mol. The second-order valence-corrected chi connectivity index (χ2v) is 5.35. The van der Waals surface area contributed by atoms with Crippen molar-refractivity contribution in [1.82, 2.24) is 5.32 Å². The first-order valence-electron chi connectivity index (χ1n) is 7.13. The van der Waals surface area contributed by atoms with Crippen LogP contribution in [0.15, 0.2) is 48.5 Å². The van der Waals surface area contributed by atoms with Gasteiger partial charge in [-0.25, -0.2) is 0 Å². The average Bonchev–Trinajstić information content (AvgIpc) is 2.59. The summed E-state index contributed by atoms with van der Waals surface area (Å²) in [4.78, 5) is 23.0. The van der Waals surface area contributed by atoms with Crippen LogP contribution >= 0.6 is 11.6 Å². The lowest BCUT2D eigenvalue weighted by atomic mass is 10.1. The Bertz CT molecular complexity index is 734. The van der Waals surface area contributed by atoms with E-state index in [0.717, 1.165) is 0 Å². The molecule has 0 aliphatic carbocycles. The smallest absolute Gasteiger partial charge is 0.252 e. The Kier molecular flexibility index (Phi) is 6.17. The fraction of sp³-hybridized carbons (Fsp3) is 0.176. The summed E-state index contributed by atoms with van der Waals surface area (Å²) in [5.41, 5.74) is -0.242. The Hall–Kier alpha value is -2.57. The number of carbonyl (C=O) groups is 2. The molecule has 24 heavy (non-hydrogen) atoms. The number of hydrogen-bond acceptors (Lipinski definition) is 5. The molecule has 2 aromatic rings. The molecule has 2 N–H and O–H groups in total. The van der Waals surface area contributed by atoms with Crippen molar-refractivity contribution in [3.8, 4) is 5.75 Å². The van der Waals surface area contributed by atoms with Gasteiger partial charge in [0.2, 0.25) is 0 Å². The maximum Gasteiger partial charge on any atom is 0.252 e. The van der Waals surface area contributed by atoms with E-state index in [9.17, 15) is 19.8 Å². The molecule has 0 fully saturated rings. The van der Waals surface area contributed by atoms with Crippen molar-refractivity contribution in [2.45, 2.75) is 6.10 Å². The van der Waals surface area contributed by atoms with Gasteiger partial charge in [0.25, 0.3) is 5.91 Å². The summed E-state index contributed by atoms with van der Waals surface area (Å²) in [5, 5.41) is 23.7. The number of hydrogen-bond donors (Lipinski definition) is 2. The SMILES string of the molecule is O=C([O-])c1ccccc1C(=O)NCC(O)COc1ccccc1Cl. The van der Waals surface area contributed by atoms with E-state index in [0.29, 0.717) is 10.8 Å². The van der Waals surface area contributed by atoms with Gasteiger partial charge < -0.3 is 25.1 Å². The van der Waals surface area contributed by atoms with Crippen molar-refractivity contribution in [3.63, 3.8) is 0 Å². The van der Waals surface area contributed by atoms with E-state index in [1.807, 2.05) is 0 Å². The van der Waals surface area contributed by atoms with Gasteiger partial charge in [0.1, 0.15) is 18.5 Å². The molecule has 6 nitrogen and oxygen atoms in total. The molecular weight excluding hydrogens is 334 g/mol. The second kappa shape index (κ2) is 8.33. The van der Waals surface area contributed by atoms with E-state index >= 15 is 0 Å². The standard InChI is InChI=1S/C17H16ClNO5/c18-14-7-3-4-8-15(14)24-10-11(20)9-19-16(21)12-5-1-2-6-13(12)17(22)23/h1-8,11,20H,9-10H2,(H,19,21)(H,22,23)/p-1. The summed E-state index contributed by atoms with van der Waals surface area (Å²) >= 11 is 5.92. The van der Waals surface area contributed by atoms with Gasteiger partial charge in [0.05, 0.1) is 11.0 Å². The zero-order valence-corrected chi connectivity index (χ0v) is 13.3. The molecule has 0 aliphatic heterocycles. The summed E-state index contributed by atoms with van der Waals surface area (Å²) < 4.78 is 5.36. The lowest BCUT2D eigenvalue weighted by molar-refractivity contribution is -0.255. The molecule has 0 heterocycles. The highest BCUT2D eigenvalue weighted by Crippen LogP contribution is 2.23. The van der Waals surface area contributed by atoms with E-state index in [1.165, 1.54) is 24.3 Å². The highest BCUT2D eigenvalue weighted by Gasteiger charge is 2.13. The Balaban J connectivity index is 1.88. The molecule has 0 aromatic heterocycles. The highest BCUT2D eigenvalue weighted by molar-refractivity contribution is 6.32. The molecule has 1 amide bonds. The number of aliphatic hydroxyl groups excluding tert-OH is 1. The van der Waals surface area contributed by atoms with Crippen LogP contribution in [0.3, 0.4) is 0 Å². The van der Waals surface area contributed by atoms with Crippen LogP contribution in [-0.2, 0) is 0 Å². The first kappa shape index (κ1) is 17.8. The van der Waals surface area contributed by atoms with Crippen molar-refractivity contribution in [1.29, 1.82) is 0 Å². The molecule has 0 saturated carbocycles. The van der Waals surface area contributed by atoms with Gasteiger partial charge in [0, 0.05) is 17.7 Å². The maximum absolute atomic E-state index is 12.0. The molecule has 7 heteroatoms. The monoisotopic (exact) mass is 348 g/mol. The van der Waals surface area contributed by atoms with Crippen molar-refractivity contribution in [2.75, 3.05) is 13.2 Å². The predicted molar refractivity (Wildman–Crippen MR) is 86.1 cm³/mol.